The van der Waals surface area contributed by atoms with Crippen LogP contribution < -0.4 is 5.32 Å². The number of rotatable bonds is 4. The number of likely N-dealkylation sites (N-methyl/N-ethyl adjacent to an activating group) is 1. The van der Waals surface area contributed by atoms with Crippen LogP contribution in [0.4, 0.5) is 4.79 Å². The van der Waals surface area contributed by atoms with E-state index in [0.29, 0.717) is 13.2 Å². The third-order valence-corrected chi connectivity index (χ3v) is 3.25. The van der Waals surface area contributed by atoms with E-state index in [9.17, 15) is 9.59 Å². The van der Waals surface area contributed by atoms with Gasteiger partial charge in [0.25, 0.3) is 0 Å². The molecule has 1 saturated heterocycles. The van der Waals surface area contributed by atoms with Gasteiger partial charge in [-0.15, -0.1) is 0 Å². The van der Waals surface area contributed by atoms with Gasteiger partial charge in [-0.05, 0) is 33.6 Å². The quantitative estimate of drug-likeness (QED) is 0.790. The molecular formula is C12H22N2O4. The van der Waals surface area contributed by atoms with E-state index in [1.54, 1.807) is 6.92 Å². The molecule has 104 valence electrons. The van der Waals surface area contributed by atoms with E-state index in [1.807, 2.05) is 0 Å². The van der Waals surface area contributed by atoms with Gasteiger partial charge in [0.05, 0.1) is 12.6 Å². The van der Waals surface area contributed by atoms with Crippen molar-refractivity contribution in [3.8, 4) is 0 Å². The van der Waals surface area contributed by atoms with Gasteiger partial charge in [-0.1, -0.05) is 0 Å². The minimum Gasteiger partial charge on any atom is -0.480 e. The second kappa shape index (κ2) is 6.04. The third kappa shape index (κ3) is 3.35. The van der Waals surface area contributed by atoms with E-state index >= 15 is 0 Å². The van der Waals surface area contributed by atoms with E-state index in [2.05, 4.69) is 5.32 Å². The van der Waals surface area contributed by atoms with Crippen LogP contribution in [0.2, 0.25) is 0 Å². The minimum absolute atomic E-state index is 0.0232. The van der Waals surface area contributed by atoms with Crippen molar-refractivity contribution in [2.75, 3.05) is 19.8 Å². The van der Waals surface area contributed by atoms with Crippen molar-refractivity contribution >= 4 is 12.0 Å². The number of carboxylic acids is 1. The lowest BCUT2D eigenvalue weighted by Gasteiger charge is -2.36. The van der Waals surface area contributed by atoms with Crippen LogP contribution >= 0.6 is 0 Å². The Hall–Kier alpha value is -1.30. The topological polar surface area (TPSA) is 78.9 Å². The van der Waals surface area contributed by atoms with E-state index < -0.39 is 11.5 Å². The molecule has 1 fully saturated rings. The molecular weight excluding hydrogens is 236 g/mol. The Bertz CT molecular complexity index is 311. The summed E-state index contributed by atoms with van der Waals surface area (Å²) in [7, 11) is 0. The van der Waals surface area contributed by atoms with Crippen LogP contribution in [0.25, 0.3) is 0 Å². The number of nitrogens with zero attached hydrogens (tertiary/aromatic N) is 1. The van der Waals surface area contributed by atoms with Crippen molar-refractivity contribution in [1.82, 2.24) is 10.2 Å². The second-order valence-electron chi connectivity index (χ2n) is 4.97. The maximum absolute atomic E-state index is 12.1. The number of hydrogen-bond donors (Lipinski definition) is 2. The van der Waals surface area contributed by atoms with Gasteiger partial charge in [0, 0.05) is 13.2 Å². The van der Waals surface area contributed by atoms with Crippen molar-refractivity contribution in [2.45, 2.75) is 45.2 Å². The number of carbonyl (C=O) groups excluding carboxylic acids is 1. The molecule has 0 radical (unpaired) electrons. The number of urea groups is 1. The summed E-state index contributed by atoms with van der Waals surface area (Å²) in [5.41, 5.74) is -1.21. The summed E-state index contributed by atoms with van der Waals surface area (Å²) in [6.45, 7) is 6.38. The number of carbonyl (C=O) groups is 2. The summed E-state index contributed by atoms with van der Waals surface area (Å²) >= 11 is 0. The molecule has 1 heterocycles. The van der Waals surface area contributed by atoms with E-state index in [0.717, 1.165) is 19.4 Å². The Balaban J connectivity index is 2.64. The van der Waals surface area contributed by atoms with Gasteiger partial charge in [0.1, 0.15) is 5.54 Å². The molecule has 0 aromatic carbocycles. The summed E-state index contributed by atoms with van der Waals surface area (Å²) < 4.78 is 5.28. The highest BCUT2D eigenvalue weighted by molar-refractivity contribution is 5.85. The fourth-order valence-electron chi connectivity index (χ4n) is 2.02. The molecule has 1 rings (SSSR count). The van der Waals surface area contributed by atoms with Gasteiger partial charge in [-0.25, -0.2) is 9.59 Å². The molecule has 6 heteroatoms. The Labute approximate surface area is 107 Å². The summed E-state index contributed by atoms with van der Waals surface area (Å²) in [6, 6.07) is -0.370. The average molecular weight is 258 g/mol. The first-order valence-corrected chi connectivity index (χ1v) is 6.28. The normalized spacial score (nSPS) is 20.3. The molecule has 0 spiro atoms. The van der Waals surface area contributed by atoms with Crippen molar-refractivity contribution < 1.29 is 19.4 Å². The highest BCUT2D eigenvalue weighted by atomic mass is 16.5. The Morgan fingerprint density at radius 3 is 2.61 bits per heavy atom. The zero-order valence-corrected chi connectivity index (χ0v) is 11.2. The Kier molecular flexibility index (Phi) is 4.95. The first kappa shape index (κ1) is 14.8. The predicted octanol–water partition coefficient (Wildman–Crippen LogP) is 1.06. The smallest absolute Gasteiger partial charge is 0.329 e. The van der Waals surface area contributed by atoms with Gasteiger partial charge in [0.15, 0.2) is 0 Å². The van der Waals surface area contributed by atoms with E-state index in [-0.39, 0.29) is 12.1 Å². The third-order valence-electron chi connectivity index (χ3n) is 3.25. The van der Waals surface area contributed by atoms with E-state index in [4.69, 9.17) is 9.84 Å². The van der Waals surface area contributed by atoms with E-state index in [1.165, 1.54) is 18.7 Å². The summed E-state index contributed by atoms with van der Waals surface area (Å²) in [6.07, 6.45) is 1.79. The molecule has 6 nitrogen and oxygen atoms in total. The molecule has 0 aliphatic carbocycles. The van der Waals surface area contributed by atoms with Crippen LogP contribution in [0.5, 0.6) is 0 Å². The van der Waals surface area contributed by atoms with Crippen LogP contribution in [0.15, 0.2) is 0 Å². The number of carboxylic acid groups (broad SMARTS) is 1. The second-order valence-corrected chi connectivity index (χ2v) is 4.97. The summed E-state index contributed by atoms with van der Waals surface area (Å²) in [5, 5.41) is 12.0. The number of ether oxygens (including phenoxy) is 1. The first-order valence-electron chi connectivity index (χ1n) is 6.28. The zero-order valence-electron chi connectivity index (χ0n) is 11.2. The van der Waals surface area contributed by atoms with Crippen molar-refractivity contribution in [3.63, 3.8) is 0 Å². The van der Waals surface area contributed by atoms with Crippen LogP contribution in [-0.2, 0) is 9.53 Å². The minimum atomic E-state index is -1.21. The molecule has 0 bridgehead atoms. The molecule has 18 heavy (non-hydrogen) atoms. The number of aliphatic carboxylic acids is 1. The molecule has 1 aliphatic heterocycles. The van der Waals surface area contributed by atoms with Gasteiger partial charge >= 0.3 is 12.0 Å². The fraction of sp³-hybridized carbons (Fsp3) is 0.833. The fourth-order valence-corrected chi connectivity index (χ4v) is 2.02. The lowest BCUT2D eigenvalue weighted by atomic mass is 10.0. The Morgan fingerprint density at radius 2 is 2.17 bits per heavy atom. The zero-order chi connectivity index (χ0) is 13.8. The summed E-state index contributed by atoms with van der Waals surface area (Å²) in [4.78, 5) is 24.6. The van der Waals surface area contributed by atoms with Gasteiger partial charge in [0.2, 0.25) is 0 Å². The van der Waals surface area contributed by atoms with Gasteiger partial charge in [-0.3, -0.25) is 0 Å². The Morgan fingerprint density at radius 1 is 1.50 bits per heavy atom. The van der Waals surface area contributed by atoms with Crippen molar-refractivity contribution in [3.05, 3.63) is 0 Å². The van der Waals surface area contributed by atoms with Gasteiger partial charge in [-0.2, -0.15) is 0 Å². The largest absolute Gasteiger partial charge is 0.480 e. The number of hydrogen-bond acceptors (Lipinski definition) is 3. The number of amides is 2. The molecule has 1 unspecified atom stereocenters. The lowest BCUT2D eigenvalue weighted by molar-refractivity contribution is -0.147. The lowest BCUT2D eigenvalue weighted by Crippen LogP contribution is -2.58. The monoisotopic (exact) mass is 258 g/mol. The maximum Gasteiger partial charge on any atom is 0.329 e. The molecule has 1 aliphatic rings. The van der Waals surface area contributed by atoms with Crippen LogP contribution in [0, 0.1) is 0 Å². The molecule has 2 N–H and O–H groups in total. The predicted molar refractivity (Wildman–Crippen MR) is 66.5 cm³/mol. The van der Waals surface area contributed by atoms with Crippen LogP contribution in [0.3, 0.4) is 0 Å². The maximum atomic E-state index is 12.1. The molecule has 0 aromatic rings. The summed E-state index contributed by atoms with van der Waals surface area (Å²) in [5.74, 6) is -1.01. The van der Waals surface area contributed by atoms with Crippen LogP contribution in [0.1, 0.15) is 33.6 Å². The number of nitrogens with one attached hydrogen (secondary N) is 1. The van der Waals surface area contributed by atoms with Crippen molar-refractivity contribution in [2.24, 2.45) is 0 Å². The highest BCUT2D eigenvalue weighted by Crippen LogP contribution is 2.15. The van der Waals surface area contributed by atoms with Crippen molar-refractivity contribution in [1.29, 1.82) is 0 Å². The SMILES string of the molecule is CCN(C(=O)NC1CCCOC1)C(C)(C)C(=O)O. The van der Waals surface area contributed by atoms with Crippen LogP contribution in [-0.4, -0.2) is 53.3 Å². The first-order chi connectivity index (χ1) is 8.39. The standard InChI is InChI=1S/C12H22N2O4/c1-4-14(12(2,3)10(15)16)11(17)13-9-6-5-7-18-8-9/h9H,4-8H2,1-3H3,(H,13,17)(H,15,16). The molecule has 1 atom stereocenters. The molecule has 0 aromatic heterocycles. The molecule has 2 amide bonds. The highest BCUT2D eigenvalue weighted by Gasteiger charge is 2.37. The van der Waals surface area contributed by atoms with Gasteiger partial charge < -0.3 is 20.1 Å². The molecule has 0 saturated carbocycles. The average Bonchev–Trinajstić information content (AvgIpc) is 2.30.